The maximum atomic E-state index is 12.2. The molecule has 0 aromatic heterocycles. The zero-order valence-corrected chi connectivity index (χ0v) is 16.4. The molecule has 0 aliphatic carbocycles. The molecule has 0 aliphatic heterocycles. The lowest BCUT2D eigenvalue weighted by atomic mass is 9.99. The van der Waals surface area contributed by atoms with Crippen LogP contribution in [0.2, 0.25) is 0 Å². The van der Waals surface area contributed by atoms with Crippen LogP contribution in [0.25, 0.3) is 0 Å². The third-order valence-electron chi connectivity index (χ3n) is 4.02. The van der Waals surface area contributed by atoms with Gasteiger partial charge in [-0.2, -0.15) is 0 Å². The van der Waals surface area contributed by atoms with Gasteiger partial charge in [0.25, 0.3) is 5.91 Å². The zero-order valence-electron chi connectivity index (χ0n) is 16.4. The van der Waals surface area contributed by atoms with Crippen molar-refractivity contribution in [2.24, 2.45) is 5.92 Å². The van der Waals surface area contributed by atoms with Gasteiger partial charge in [0.05, 0.1) is 26.4 Å². The third-order valence-corrected chi connectivity index (χ3v) is 4.02. The largest absolute Gasteiger partial charge is 0.493 e. The molecular weight excluding hydrogens is 354 g/mol. The topological polar surface area (TPSA) is 100 Å². The summed E-state index contributed by atoms with van der Waals surface area (Å²) in [5.74, 6) is -1.05. The van der Waals surface area contributed by atoms with E-state index in [4.69, 9.17) is 18.9 Å². The Labute approximate surface area is 159 Å². The van der Waals surface area contributed by atoms with E-state index in [2.05, 4.69) is 5.32 Å². The smallest absolute Gasteiger partial charge is 0.338 e. The number of hydrogen-bond acceptors (Lipinski definition) is 7. The molecular formula is C19H27NO7. The fraction of sp³-hybridized carbons (Fsp3) is 0.526. The number of hydrogen-bond donors (Lipinski definition) is 1. The Morgan fingerprint density at radius 3 is 2.37 bits per heavy atom. The van der Waals surface area contributed by atoms with Gasteiger partial charge in [0.2, 0.25) is 0 Å². The van der Waals surface area contributed by atoms with Gasteiger partial charge in [0.1, 0.15) is 6.04 Å². The molecule has 0 spiro atoms. The van der Waals surface area contributed by atoms with E-state index in [1.54, 1.807) is 6.07 Å². The van der Waals surface area contributed by atoms with Crippen LogP contribution >= 0.6 is 0 Å². The van der Waals surface area contributed by atoms with Crippen molar-refractivity contribution in [1.29, 1.82) is 0 Å². The molecule has 2 atom stereocenters. The summed E-state index contributed by atoms with van der Waals surface area (Å²) in [6.07, 6.45) is 0.672. The van der Waals surface area contributed by atoms with Crippen LogP contribution in [0.15, 0.2) is 18.2 Å². The van der Waals surface area contributed by atoms with Gasteiger partial charge in [0.15, 0.2) is 18.1 Å². The molecule has 0 heterocycles. The SMILES string of the molecule is CCOc1ccc(C(=O)OCC(=O)N[C@@H](C(=O)OC)[C@@H](C)CC)cc1OC. The van der Waals surface area contributed by atoms with Crippen molar-refractivity contribution in [2.75, 3.05) is 27.4 Å². The van der Waals surface area contributed by atoms with E-state index in [1.807, 2.05) is 20.8 Å². The highest BCUT2D eigenvalue weighted by Crippen LogP contribution is 2.28. The van der Waals surface area contributed by atoms with E-state index < -0.39 is 30.5 Å². The summed E-state index contributed by atoms with van der Waals surface area (Å²) in [5.41, 5.74) is 0.217. The van der Waals surface area contributed by atoms with Gasteiger partial charge < -0.3 is 24.3 Å². The van der Waals surface area contributed by atoms with E-state index in [0.29, 0.717) is 24.5 Å². The summed E-state index contributed by atoms with van der Waals surface area (Å²) in [4.78, 5) is 36.0. The second-order valence-electron chi connectivity index (χ2n) is 5.83. The Balaban J connectivity index is 2.70. The molecule has 1 N–H and O–H groups in total. The highest BCUT2D eigenvalue weighted by molar-refractivity contribution is 5.92. The summed E-state index contributed by atoms with van der Waals surface area (Å²) in [7, 11) is 2.71. The van der Waals surface area contributed by atoms with Gasteiger partial charge in [-0.25, -0.2) is 9.59 Å². The molecule has 0 fully saturated rings. The fourth-order valence-corrected chi connectivity index (χ4v) is 2.30. The summed E-state index contributed by atoms with van der Waals surface area (Å²) in [5, 5.41) is 2.54. The van der Waals surface area contributed by atoms with Crippen LogP contribution in [0.5, 0.6) is 11.5 Å². The van der Waals surface area contributed by atoms with E-state index in [-0.39, 0.29) is 11.5 Å². The minimum atomic E-state index is -0.795. The van der Waals surface area contributed by atoms with Crippen molar-refractivity contribution in [1.82, 2.24) is 5.32 Å². The maximum Gasteiger partial charge on any atom is 0.338 e. The number of benzene rings is 1. The van der Waals surface area contributed by atoms with Gasteiger partial charge in [-0.05, 0) is 31.0 Å². The van der Waals surface area contributed by atoms with Crippen LogP contribution in [-0.2, 0) is 19.1 Å². The van der Waals surface area contributed by atoms with Gasteiger partial charge in [0, 0.05) is 0 Å². The molecule has 0 bridgehead atoms. The van der Waals surface area contributed by atoms with Crippen LogP contribution in [0.1, 0.15) is 37.6 Å². The number of rotatable bonds is 10. The zero-order chi connectivity index (χ0) is 20.4. The Morgan fingerprint density at radius 2 is 1.81 bits per heavy atom. The minimum absolute atomic E-state index is 0.118. The highest BCUT2D eigenvalue weighted by atomic mass is 16.5. The number of carbonyl (C=O) groups excluding carboxylic acids is 3. The van der Waals surface area contributed by atoms with Gasteiger partial charge in [-0.15, -0.1) is 0 Å². The van der Waals surface area contributed by atoms with Crippen LogP contribution < -0.4 is 14.8 Å². The molecule has 1 rings (SSSR count). The molecule has 8 heteroatoms. The Morgan fingerprint density at radius 1 is 1.11 bits per heavy atom. The van der Waals surface area contributed by atoms with Crippen molar-refractivity contribution < 1.29 is 33.3 Å². The van der Waals surface area contributed by atoms with Crippen molar-refractivity contribution in [3.05, 3.63) is 23.8 Å². The first kappa shape index (κ1) is 22.3. The first-order valence-electron chi connectivity index (χ1n) is 8.72. The van der Waals surface area contributed by atoms with Gasteiger partial charge in [-0.1, -0.05) is 20.3 Å². The number of amides is 1. The lowest BCUT2D eigenvalue weighted by Gasteiger charge is -2.21. The number of ether oxygens (including phenoxy) is 4. The third kappa shape index (κ3) is 6.47. The number of esters is 2. The average Bonchev–Trinajstić information content (AvgIpc) is 2.69. The Hall–Kier alpha value is -2.77. The second kappa shape index (κ2) is 11.1. The van der Waals surface area contributed by atoms with E-state index in [1.165, 1.54) is 26.4 Å². The first-order valence-corrected chi connectivity index (χ1v) is 8.72. The second-order valence-corrected chi connectivity index (χ2v) is 5.83. The summed E-state index contributed by atoms with van der Waals surface area (Å²) in [6, 6.07) is 3.79. The van der Waals surface area contributed by atoms with Crippen molar-refractivity contribution in [3.8, 4) is 11.5 Å². The molecule has 1 aromatic rings. The number of nitrogens with one attached hydrogen (secondary N) is 1. The Kier molecular flexibility index (Phi) is 9.12. The lowest BCUT2D eigenvalue weighted by molar-refractivity contribution is -0.147. The summed E-state index contributed by atoms with van der Waals surface area (Å²) in [6.45, 7) is 5.49. The standard InChI is InChI=1S/C19H27NO7/c1-6-12(3)17(19(23)25-5)20-16(21)11-27-18(22)13-8-9-14(26-7-2)15(10-13)24-4/h8-10,12,17H,6-7,11H2,1-5H3,(H,20,21)/t12-,17+/m0/s1. The molecule has 0 saturated carbocycles. The molecule has 1 amide bonds. The Bertz CT molecular complexity index is 659. The highest BCUT2D eigenvalue weighted by Gasteiger charge is 2.27. The summed E-state index contributed by atoms with van der Waals surface area (Å²) < 4.78 is 20.3. The van der Waals surface area contributed by atoms with Crippen molar-refractivity contribution >= 4 is 17.8 Å². The normalized spacial score (nSPS) is 12.5. The van der Waals surface area contributed by atoms with Crippen LogP contribution in [0, 0.1) is 5.92 Å². The lowest BCUT2D eigenvalue weighted by Crippen LogP contribution is -2.47. The predicted octanol–water partition coefficient (Wildman–Crippen LogP) is 1.95. The molecule has 0 saturated heterocycles. The van der Waals surface area contributed by atoms with Gasteiger partial charge >= 0.3 is 11.9 Å². The van der Waals surface area contributed by atoms with Gasteiger partial charge in [-0.3, -0.25) is 4.79 Å². The van der Waals surface area contributed by atoms with Crippen molar-refractivity contribution in [2.45, 2.75) is 33.2 Å². The fourth-order valence-electron chi connectivity index (χ4n) is 2.30. The monoisotopic (exact) mass is 381 g/mol. The van der Waals surface area contributed by atoms with E-state index >= 15 is 0 Å². The van der Waals surface area contributed by atoms with Crippen molar-refractivity contribution in [3.63, 3.8) is 0 Å². The molecule has 1 aromatic carbocycles. The van der Waals surface area contributed by atoms with E-state index in [9.17, 15) is 14.4 Å². The molecule has 0 unspecified atom stereocenters. The molecule has 0 aliphatic rings. The maximum absolute atomic E-state index is 12.2. The average molecular weight is 381 g/mol. The minimum Gasteiger partial charge on any atom is -0.493 e. The molecule has 27 heavy (non-hydrogen) atoms. The number of methoxy groups -OCH3 is 2. The molecule has 150 valence electrons. The van der Waals surface area contributed by atoms with Crippen LogP contribution in [0.3, 0.4) is 0 Å². The van der Waals surface area contributed by atoms with Crippen LogP contribution in [0.4, 0.5) is 0 Å². The molecule has 0 radical (unpaired) electrons. The number of carbonyl (C=O) groups is 3. The van der Waals surface area contributed by atoms with E-state index in [0.717, 1.165) is 0 Å². The quantitative estimate of drug-likeness (QED) is 0.618. The van der Waals surface area contributed by atoms with Crippen LogP contribution in [-0.4, -0.2) is 51.3 Å². The first-order chi connectivity index (χ1) is 12.9. The predicted molar refractivity (Wildman–Crippen MR) is 97.8 cm³/mol. The molecule has 8 nitrogen and oxygen atoms in total. The summed E-state index contributed by atoms with van der Waals surface area (Å²) >= 11 is 0.